The predicted molar refractivity (Wildman–Crippen MR) is 157 cm³/mol. The molecule has 3 heterocycles. The van der Waals surface area contributed by atoms with Crippen molar-refractivity contribution in [1.82, 2.24) is 24.5 Å². The highest BCUT2D eigenvalue weighted by Gasteiger charge is 2.34. The Morgan fingerprint density at radius 1 is 1.23 bits per heavy atom. The van der Waals surface area contributed by atoms with Gasteiger partial charge < -0.3 is 10.1 Å². The van der Waals surface area contributed by atoms with Crippen LogP contribution in [0.4, 0.5) is 5.82 Å². The van der Waals surface area contributed by atoms with Crippen LogP contribution in [-0.4, -0.2) is 56.5 Å². The van der Waals surface area contributed by atoms with E-state index in [4.69, 9.17) is 9.72 Å². The van der Waals surface area contributed by atoms with E-state index in [2.05, 4.69) is 44.1 Å². The number of hydrogen-bond donors (Lipinski definition) is 1. The van der Waals surface area contributed by atoms with E-state index in [1.807, 2.05) is 18.3 Å². The van der Waals surface area contributed by atoms with Crippen LogP contribution in [0.2, 0.25) is 0 Å². The Hall–Kier alpha value is -3.60. The number of aliphatic imine (C=N–C) groups is 2. The highest BCUT2D eigenvalue weighted by molar-refractivity contribution is 7.99. The normalized spacial score (nSPS) is 17.1. The smallest absolute Gasteiger partial charge is 0.295 e. The molecule has 0 amide bonds. The Balaban J connectivity index is 1.53. The molecule has 1 N–H and O–H groups in total. The number of hydrogen-bond acceptors (Lipinski definition) is 9. The highest BCUT2D eigenvalue weighted by Crippen LogP contribution is 2.40. The summed E-state index contributed by atoms with van der Waals surface area (Å²) < 4.78 is 7.18. The van der Waals surface area contributed by atoms with E-state index in [-0.39, 0.29) is 17.4 Å². The minimum atomic E-state index is -0.198. The Kier molecular flexibility index (Phi) is 8.35. The van der Waals surface area contributed by atoms with Crippen LogP contribution in [0, 0.1) is 11.8 Å². The fourth-order valence-corrected chi connectivity index (χ4v) is 5.20. The van der Waals surface area contributed by atoms with Crippen LogP contribution in [0.1, 0.15) is 57.1 Å². The van der Waals surface area contributed by atoms with E-state index < -0.39 is 0 Å². The lowest BCUT2D eigenvalue weighted by molar-refractivity contribution is 0.340. The van der Waals surface area contributed by atoms with Crippen molar-refractivity contribution in [2.75, 3.05) is 25.2 Å². The molecule has 2 aliphatic rings. The maximum atomic E-state index is 13.8. The van der Waals surface area contributed by atoms with Crippen molar-refractivity contribution in [3.8, 4) is 0 Å². The zero-order valence-electron chi connectivity index (χ0n) is 22.8. The van der Waals surface area contributed by atoms with E-state index in [1.54, 1.807) is 42.9 Å². The van der Waals surface area contributed by atoms with Gasteiger partial charge in [0, 0.05) is 30.1 Å². The minimum Gasteiger partial charge on any atom is -0.504 e. The van der Waals surface area contributed by atoms with Gasteiger partial charge >= 0.3 is 0 Å². The maximum absolute atomic E-state index is 13.8. The molecule has 2 aliphatic carbocycles. The average Bonchev–Trinajstić information content (AvgIpc) is 3.86. The second kappa shape index (κ2) is 12.1. The number of pyridine rings is 1. The number of methoxy groups -OCH3 is 1. The van der Waals surface area contributed by atoms with Crippen molar-refractivity contribution in [1.29, 1.82) is 0 Å². The number of fused-ring (bicyclic) bond motifs is 1. The third kappa shape index (κ3) is 6.19. The molecule has 11 heteroatoms. The monoisotopic (exact) mass is 546 g/mol. The molecule has 0 bridgehead atoms. The molecule has 2 saturated carbocycles. The van der Waals surface area contributed by atoms with Gasteiger partial charge in [0.25, 0.3) is 5.56 Å². The number of aromatic nitrogens is 5. The van der Waals surface area contributed by atoms with Gasteiger partial charge in [0.05, 0.1) is 43.1 Å². The van der Waals surface area contributed by atoms with Crippen LogP contribution in [0.25, 0.3) is 16.7 Å². The number of ether oxygens (including phenoxy) is 1. The lowest BCUT2D eigenvalue weighted by atomic mass is 10.1. The molecular formula is C28H34N8O2S. The maximum Gasteiger partial charge on any atom is 0.295 e. The Morgan fingerprint density at radius 3 is 2.69 bits per heavy atom. The fourth-order valence-electron chi connectivity index (χ4n) is 4.57. The van der Waals surface area contributed by atoms with Gasteiger partial charge in [0.15, 0.2) is 17.3 Å². The van der Waals surface area contributed by atoms with Gasteiger partial charge in [-0.25, -0.2) is 19.9 Å². The zero-order chi connectivity index (χ0) is 27.4. The molecule has 0 radical (unpaired) electrons. The summed E-state index contributed by atoms with van der Waals surface area (Å²) in [5, 5.41) is 3.22. The Morgan fingerprint density at radius 2 is 2.05 bits per heavy atom. The summed E-state index contributed by atoms with van der Waals surface area (Å²) in [6, 6.07) is 4.00. The molecule has 3 aromatic rings. The van der Waals surface area contributed by atoms with Crippen LogP contribution >= 0.6 is 11.8 Å². The number of nitrogens with one attached hydrogen (secondary N) is 1. The molecule has 0 unspecified atom stereocenters. The van der Waals surface area contributed by atoms with Crippen molar-refractivity contribution in [3.63, 3.8) is 0 Å². The number of anilines is 1. The lowest BCUT2D eigenvalue weighted by Crippen LogP contribution is -2.29. The van der Waals surface area contributed by atoms with Crippen LogP contribution in [0.3, 0.4) is 0 Å². The SMILES string of the molecule is CCSc1ccc(CNc2nc3cnc(/C(=C\OC)C(=NC=NC)C4CC4)nc3n([C@@H](C)C3CC3)c2=O)nc1. The van der Waals surface area contributed by atoms with Crippen LogP contribution in [0.15, 0.2) is 50.5 Å². The van der Waals surface area contributed by atoms with E-state index in [1.165, 1.54) is 6.34 Å². The first-order valence-electron chi connectivity index (χ1n) is 13.4. The molecule has 0 spiro atoms. The standard InChI is InChI=1S/C28H34N8O2S/c1-5-39-21-11-10-20(30-13-21)12-31-26-28(37)36(17(2)18-6-7-18)27-23(34-26)14-32-25(35-27)22(15-38-4)24(19-8-9-19)33-16-29-3/h10-11,13-19H,5-9,12H2,1-4H3,(H,31,34)/b22-15-,29-16?,33-24?/t17-/m0/s1. The third-order valence-corrected chi connectivity index (χ3v) is 7.78. The number of nitrogens with zero attached hydrogens (tertiary/aromatic N) is 7. The second-order valence-electron chi connectivity index (χ2n) is 9.82. The quantitative estimate of drug-likeness (QED) is 0.149. The van der Waals surface area contributed by atoms with Crippen molar-refractivity contribution < 1.29 is 4.74 Å². The number of allylic oxidation sites excluding steroid dienone is 1. The molecule has 0 aromatic carbocycles. The first kappa shape index (κ1) is 27.0. The molecule has 0 saturated heterocycles. The van der Waals surface area contributed by atoms with Gasteiger partial charge in [0.2, 0.25) is 0 Å². The minimum absolute atomic E-state index is 0.0200. The second-order valence-corrected chi connectivity index (χ2v) is 11.2. The molecule has 5 rings (SSSR count). The molecule has 0 aliphatic heterocycles. The van der Waals surface area contributed by atoms with Crippen LogP contribution < -0.4 is 10.9 Å². The summed E-state index contributed by atoms with van der Waals surface area (Å²) >= 11 is 1.74. The van der Waals surface area contributed by atoms with Gasteiger partial charge in [-0.2, -0.15) is 0 Å². The topological polar surface area (TPSA) is 120 Å². The molecule has 39 heavy (non-hydrogen) atoms. The third-order valence-electron chi connectivity index (χ3n) is 6.92. The van der Waals surface area contributed by atoms with Crippen LogP contribution in [0.5, 0.6) is 0 Å². The lowest BCUT2D eigenvalue weighted by Gasteiger charge is -2.19. The summed E-state index contributed by atoms with van der Waals surface area (Å²) in [6.45, 7) is 4.58. The molecule has 2 fully saturated rings. The summed E-state index contributed by atoms with van der Waals surface area (Å²) in [7, 11) is 3.28. The van der Waals surface area contributed by atoms with Gasteiger partial charge in [0.1, 0.15) is 11.9 Å². The summed E-state index contributed by atoms with van der Waals surface area (Å²) in [5.41, 5.74) is 3.23. The van der Waals surface area contributed by atoms with Gasteiger partial charge in [-0.05, 0) is 56.4 Å². The highest BCUT2D eigenvalue weighted by atomic mass is 32.2. The van der Waals surface area contributed by atoms with Crippen LogP contribution in [-0.2, 0) is 11.3 Å². The Bertz CT molecular complexity index is 1470. The van der Waals surface area contributed by atoms with E-state index in [0.29, 0.717) is 40.9 Å². The van der Waals surface area contributed by atoms with Crippen molar-refractivity contribution >= 4 is 46.4 Å². The van der Waals surface area contributed by atoms with Gasteiger partial charge in [-0.1, -0.05) is 6.92 Å². The van der Waals surface area contributed by atoms with Crippen molar-refractivity contribution in [3.05, 3.63) is 52.7 Å². The molecule has 3 aromatic heterocycles. The first-order valence-corrected chi connectivity index (χ1v) is 14.4. The summed E-state index contributed by atoms with van der Waals surface area (Å²) in [4.78, 5) is 42.2. The largest absolute Gasteiger partial charge is 0.504 e. The Labute approximate surface area is 232 Å². The van der Waals surface area contributed by atoms with E-state index in [0.717, 1.165) is 47.7 Å². The van der Waals surface area contributed by atoms with E-state index in [9.17, 15) is 4.79 Å². The molecule has 204 valence electrons. The average molecular weight is 547 g/mol. The van der Waals surface area contributed by atoms with Crippen molar-refractivity contribution in [2.45, 2.75) is 57.0 Å². The summed E-state index contributed by atoms with van der Waals surface area (Å²) in [6.07, 6.45) is 11.0. The molecule has 10 nitrogen and oxygen atoms in total. The number of rotatable bonds is 12. The van der Waals surface area contributed by atoms with Crippen molar-refractivity contribution in [2.24, 2.45) is 21.8 Å². The predicted octanol–water partition coefficient (Wildman–Crippen LogP) is 4.77. The van der Waals surface area contributed by atoms with Gasteiger partial charge in [-0.15, -0.1) is 11.8 Å². The number of thioether (sulfide) groups is 1. The fraction of sp³-hybridized carbons (Fsp3) is 0.464. The zero-order valence-corrected chi connectivity index (χ0v) is 23.6. The molecular weight excluding hydrogens is 512 g/mol. The van der Waals surface area contributed by atoms with Gasteiger partial charge in [-0.3, -0.25) is 19.3 Å². The van der Waals surface area contributed by atoms with E-state index >= 15 is 0 Å². The summed E-state index contributed by atoms with van der Waals surface area (Å²) in [5.74, 6) is 2.46. The molecule has 1 atom stereocenters. The first-order chi connectivity index (χ1) is 19.0.